The normalized spacial score (nSPS) is 14.5. The van der Waals surface area contributed by atoms with Crippen LogP contribution < -0.4 is 15.8 Å². The van der Waals surface area contributed by atoms with Gasteiger partial charge in [0.05, 0.1) is 25.5 Å². The number of aromatic nitrogens is 4. The summed E-state index contributed by atoms with van der Waals surface area (Å²) in [5.41, 5.74) is 0.419. The van der Waals surface area contributed by atoms with Crippen molar-refractivity contribution >= 4 is 27.3 Å². The van der Waals surface area contributed by atoms with Crippen LogP contribution in [-0.2, 0) is 11.3 Å². The first-order valence-corrected chi connectivity index (χ1v) is 8.94. The number of rotatable bonds is 4. The number of morpholine rings is 1. The Morgan fingerprint density at radius 1 is 1.31 bits per heavy atom. The third-order valence-electron chi connectivity index (χ3n) is 3.91. The molecule has 1 fully saturated rings. The first-order chi connectivity index (χ1) is 12.7. The van der Waals surface area contributed by atoms with Crippen molar-refractivity contribution in [3.63, 3.8) is 0 Å². The van der Waals surface area contributed by atoms with Crippen LogP contribution in [0.25, 0.3) is 4.96 Å². The Balaban J connectivity index is 1.62. The first-order valence-electron chi connectivity index (χ1n) is 8.12. The van der Waals surface area contributed by atoms with E-state index in [0.717, 1.165) is 5.69 Å². The van der Waals surface area contributed by atoms with Gasteiger partial charge in [0.25, 0.3) is 11.5 Å². The number of amides is 1. The Hall–Kier alpha value is -2.85. The second-order valence-electron chi connectivity index (χ2n) is 5.66. The summed E-state index contributed by atoms with van der Waals surface area (Å²) >= 11 is 1.28. The van der Waals surface area contributed by atoms with Crippen LogP contribution in [0, 0.1) is 0 Å². The summed E-state index contributed by atoms with van der Waals surface area (Å²) in [6, 6.07) is 6.66. The Kier molecular flexibility index (Phi) is 4.59. The monoisotopic (exact) mass is 372 g/mol. The lowest BCUT2D eigenvalue weighted by Crippen LogP contribution is -2.36. The van der Waals surface area contributed by atoms with E-state index < -0.39 is 11.5 Å². The lowest BCUT2D eigenvalue weighted by atomic mass is 10.3. The van der Waals surface area contributed by atoms with Gasteiger partial charge in [-0.1, -0.05) is 17.4 Å². The molecule has 10 heteroatoms. The minimum Gasteiger partial charge on any atom is -0.378 e. The van der Waals surface area contributed by atoms with Crippen LogP contribution in [0.1, 0.15) is 16.2 Å². The van der Waals surface area contributed by atoms with Gasteiger partial charge in [0.15, 0.2) is 0 Å². The van der Waals surface area contributed by atoms with Crippen molar-refractivity contribution in [3.8, 4) is 0 Å². The first kappa shape index (κ1) is 16.6. The molecule has 0 aromatic carbocycles. The molecule has 3 aromatic rings. The fourth-order valence-electron chi connectivity index (χ4n) is 2.61. The van der Waals surface area contributed by atoms with Gasteiger partial charge in [-0.15, -0.1) is 5.10 Å². The molecule has 1 N–H and O–H groups in total. The van der Waals surface area contributed by atoms with E-state index in [1.165, 1.54) is 21.9 Å². The topological polar surface area (TPSA) is 102 Å². The van der Waals surface area contributed by atoms with E-state index in [0.29, 0.717) is 36.4 Å². The number of nitrogens with one attached hydrogen (secondary N) is 1. The van der Waals surface area contributed by atoms with Gasteiger partial charge in [-0.05, 0) is 12.1 Å². The fraction of sp³-hybridized carbons (Fsp3) is 0.312. The number of carbonyl (C=O) groups is 1. The zero-order chi connectivity index (χ0) is 17.9. The van der Waals surface area contributed by atoms with Crippen LogP contribution in [0.5, 0.6) is 0 Å². The molecule has 1 amide bonds. The largest absolute Gasteiger partial charge is 0.378 e. The van der Waals surface area contributed by atoms with Crippen LogP contribution in [0.15, 0.2) is 35.3 Å². The molecule has 0 unspecified atom stereocenters. The molecular weight excluding hydrogens is 356 g/mol. The van der Waals surface area contributed by atoms with Crippen molar-refractivity contribution in [1.82, 2.24) is 24.9 Å². The van der Waals surface area contributed by atoms with Gasteiger partial charge in [-0.3, -0.25) is 14.6 Å². The maximum absolute atomic E-state index is 12.6. The minimum atomic E-state index is -0.467. The van der Waals surface area contributed by atoms with Gasteiger partial charge in [0.1, 0.15) is 5.69 Å². The van der Waals surface area contributed by atoms with E-state index in [1.807, 2.05) is 12.1 Å². The zero-order valence-corrected chi connectivity index (χ0v) is 14.6. The standard InChI is InChI=1S/C16H16N6O3S/c23-13-9-12(14(24)18-10-11-3-1-2-4-17-11)22-15(19-13)26-16(20-22)21-5-7-25-8-6-21/h1-4,9H,5-8,10H2,(H,18,24). The third kappa shape index (κ3) is 3.41. The summed E-state index contributed by atoms with van der Waals surface area (Å²) in [6.45, 7) is 2.94. The van der Waals surface area contributed by atoms with Crippen molar-refractivity contribution in [1.29, 1.82) is 0 Å². The summed E-state index contributed by atoms with van der Waals surface area (Å²) in [7, 11) is 0. The molecule has 0 aliphatic carbocycles. The SMILES string of the molecule is O=C(NCc1ccccn1)c1cc(=O)nc2sc(N3CCOCC3)nn12. The van der Waals surface area contributed by atoms with Crippen molar-refractivity contribution in [3.05, 3.63) is 52.2 Å². The highest BCUT2D eigenvalue weighted by molar-refractivity contribution is 7.20. The van der Waals surface area contributed by atoms with Gasteiger partial charge in [0, 0.05) is 25.4 Å². The number of fused-ring (bicyclic) bond motifs is 1. The summed E-state index contributed by atoms with van der Waals surface area (Å²) in [5.74, 6) is -0.399. The number of ether oxygens (including phenoxy) is 1. The van der Waals surface area contributed by atoms with Crippen molar-refractivity contribution in [2.24, 2.45) is 0 Å². The van der Waals surface area contributed by atoms with Crippen molar-refractivity contribution < 1.29 is 9.53 Å². The molecule has 0 bridgehead atoms. The average Bonchev–Trinajstić information content (AvgIpc) is 3.11. The number of pyridine rings is 1. The highest BCUT2D eigenvalue weighted by Crippen LogP contribution is 2.23. The van der Waals surface area contributed by atoms with Crippen LogP contribution in [0.2, 0.25) is 0 Å². The molecule has 0 spiro atoms. The zero-order valence-electron chi connectivity index (χ0n) is 13.8. The summed E-state index contributed by atoms with van der Waals surface area (Å²) in [4.78, 5) is 35.0. The van der Waals surface area contributed by atoms with Crippen molar-refractivity contribution in [2.75, 3.05) is 31.2 Å². The number of nitrogens with zero attached hydrogens (tertiary/aromatic N) is 5. The highest BCUT2D eigenvalue weighted by atomic mass is 32.1. The highest BCUT2D eigenvalue weighted by Gasteiger charge is 2.20. The molecule has 26 heavy (non-hydrogen) atoms. The number of hydrogen-bond acceptors (Lipinski definition) is 8. The van der Waals surface area contributed by atoms with E-state index in [-0.39, 0.29) is 12.2 Å². The molecule has 4 rings (SSSR count). The molecule has 0 saturated carbocycles. The molecular formula is C16H16N6O3S. The maximum atomic E-state index is 12.6. The van der Waals surface area contributed by atoms with E-state index in [2.05, 4.69) is 25.3 Å². The van der Waals surface area contributed by atoms with Crippen LogP contribution in [-0.4, -0.2) is 51.8 Å². The average molecular weight is 372 g/mol. The predicted octanol–water partition coefficient (Wildman–Crippen LogP) is 0.313. The summed E-state index contributed by atoms with van der Waals surface area (Å²) in [6.07, 6.45) is 1.66. The second-order valence-corrected chi connectivity index (χ2v) is 6.60. The predicted molar refractivity (Wildman–Crippen MR) is 95.6 cm³/mol. The van der Waals surface area contributed by atoms with Crippen LogP contribution in [0.4, 0.5) is 5.13 Å². The smallest absolute Gasteiger partial charge is 0.274 e. The van der Waals surface area contributed by atoms with Gasteiger partial charge in [-0.25, -0.2) is 0 Å². The Bertz CT molecular complexity index is 981. The summed E-state index contributed by atoms with van der Waals surface area (Å²) in [5, 5.41) is 7.96. The lowest BCUT2D eigenvalue weighted by molar-refractivity contribution is 0.0942. The molecule has 9 nitrogen and oxygen atoms in total. The number of carbonyl (C=O) groups excluding carboxylic acids is 1. The van der Waals surface area contributed by atoms with Gasteiger partial charge >= 0.3 is 0 Å². The van der Waals surface area contributed by atoms with Crippen LogP contribution >= 0.6 is 11.3 Å². The van der Waals surface area contributed by atoms with Gasteiger partial charge in [0.2, 0.25) is 10.1 Å². The quantitative estimate of drug-likeness (QED) is 0.703. The maximum Gasteiger partial charge on any atom is 0.274 e. The second kappa shape index (κ2) is 7.18. The van der Waals surface area contributed by atoms with E-state index >= 15 is 0 Å². The van der Waals surface area contributed by atoms with Crippen molar-refractivity contribution in [2.45, 2.75) is 6.54 Å². The Labute approximate surface area is 152 Å². The molecule has 1 aliphatic rings. The van der Waals surface area contributed by atoms with Gasteiger partial charge in [-0.2, -0.15) is 9.50 Å². The lowest BCUT2D eigenvalue weighted by Gasteiger charge is -2.25. The van der Waals surface area contributed by atoms with E-state index in [1.54, 1.807) is 12.3 Å². The minimum absolute atomic E-state index is 0.159. The number of anilines is 1. The Morgan fingerprint density at radius 3 is 2.92 bits per heavy atom. The fourth-order valence-corrected chi connectivity index (χ4v) is 3.57. The van der Waals surface area contributed by atoms with E-state index in [9.17, 15) is 9.59 Å². The molecule has 0 radical (unpaired) electrons. The Morgan fingerprint density at radius 2 is 2.15 bits per heavy atom. The van der Waals surface area contributed by atoms with Gasteiger partial charge < -0.3 is 15.0 Å². The third-order valence-corrected chi connectivity index (χ3v) is 4.88. The molecule has 1 saturated heterocycles. The molecule has 4 heterocycles. The number of hydrogen-bond donors (Lipinski definition) is 1. The molecule has 134 valence electrons. The molecule has 3 aromatic heterocycles. The molecule has 0 atom stereocenters. The molecule has 1 aliphatic heterocycles. The van der Waals surface area contributed by atoms with Crippen LogP contribution in [0.3, 0.4) is 0 Å². The van der Waals surface area contributed by atoms with E-state index in [4.69, 9.17) is 4.74 Å². The summed E-state index contributed by atoms with van der Waals surface area (Å²) < 4.78 is 6.76.